The highest BCUT2D eigenvalue weighted by molar-refractivity contribution is 5.84. The molecule has 0 aliphatic carbocycles. The molecule has 2 N–H and O–H groups in total. The number of piperazine rings is 1. The van der Waals surface area contributed by atoms with Crippen molar-refractivity contribution in [3.05, 3.63) is 23.7 Å². The van der Waals surface area contributed by atoms with Crippen molar-refractivity contribution in [3.63, 3.8) is 0 Å². The monoisotopic (exact) mass is 281 g/mol. The summed E-state index contributed by atoms with van der Waals surface area (Å²) >= 11 is 0. The van der Waals surface area contributed by atoms with Crippen LogP contribution in [0.15, 0.2) is 16.5 Å². The minimum Gasteiger partial charge on any atom is -0.475 e. The number of nitrogens with zero attached hydrogens (tertiary/aromatic N) is 2. The van der Waals surface area contributed by atoms with Gasteiger partial charge in [-0.3, -0.25) is 4.90 Å². The van der Waals surface area contributed by atoms with Crippen molar-refractivity contribution in [2.75, 3.05) is 40.3 Å². The zero-order valence-electron chi connectivity index (χ0n) is 12.3. The molecule has 112 valence electrons. The molecule has 0 aromatic carbocycles. The zero-order chi connectivity index (χ0) is 14.7. The number of rotatable bonds is 5. The fourth-order valence-electron chi connectivity index (χ4n) is 2.44. The summed E-state index contributed by atoms with van der Waals surface area (Å²) in [5.41, 5.74) is 0. The fraction of sp³-hybridized carbons (Fsp3) is 0.643. The molecular weight excluding hydrogens is 258 g/mol. The number of likely N-dealkylation sites (N-methyl/N-ethyl adjacent to an activating group) is 2. The average molecular weight is 281 g/mol. The molecule has 0 bridgehead atoms. The van der Waals surface area contributed by atoms with Gasteiger partial charge in [-0.25, -0.2) is 4.79 Å². The molecule has 0 amide bonds. The van der Waals surface area contributed by atoms with Gasteiger partial charge in [-0.2, -0.15) is 0 Å². The van der Waals surface area contributed by atoms with Crippen molar-refractivity contribution in [2.24, 2.45) is 0 Å². The average Bonchev–Trinajstić information content (AvgIpc) is 2.89. The third-order valence-electron chi connectivity index (χ3n) is 3.90. The van der Waals surface area contributed by atoms with Crippen LogP contribution in [0.2, 0.25) is 0 Å². The summed E-state index contributed by atoms with van der Waals surface area (Å²) in [5.74, 6) is -0.380. The Morgan fingerprint density at radius 2 is 2.25 bits per heavy atom. The lowest BCUT2D eigenvalue weighted by atomic mass is 10.1. The number of carbonyl (C=O) groups is 1. The molecule has 1 fully saturated rings. The predicted octanol–water partition coefficient (Wildman–Crippen LogP) is 0.874. The quantitative estimate of drug-likeness (QED) is 0.835. The van der Waals surface area contributed by atoms with Gasteiger partial charge in [0.1, 0.15) is 5.76 Å². The van der Waals surface area contributed by atoms with Crippen LogP contribution in [0.1, 0.15) is 29.3 Å². The number of nitrogens with one attached hydrogen (secondary N) is 1. The van der Waals surface area contributed by atoms with Gasteiger partial charge in [-0.15, -0.1) is 0 Å². The molecular formula is C14H23N3O3. The summed E-state index contributed by atoms with van der Waals surface area (Å²) in [7, 11) is 4.27. The van der Waals surface area contributed by atoms with E-state index in [9.17, 15) is 4.79 Å². The summed E-state index contributed by atoms with van der Waals surface area (Å²) in [6.45, 7) is 6.04. The van der Waals surface area contributed by atoms with Gasteiger partial charge < -0.3 is 19.7 Å². The predicted molar refractivity (Wildman–Crippen MR) is 76.0 cm³/mol. The van der Waals surface area contributed by atoms with Crippen molar-refractivity contribution in [3.8, 4) is 0 Å². The molecule has 6 nitrogen and oxygen atoms in total. The third kappa shape index (κ3) is 3.59. The van der Waals surface area contributed by atoms with Crippen molar-refractivity contribution in [2.45, 2.75) is 19.0 Å². The van der Waals surface area contributed by atoms with Crippen LogP contribution in [0.25, 0.3) is 0 Å². The maximum atomic E-state index is 10.8. The third-order valence-corrected chi connectivity index (χ3v) is 3.90. The summed E-state index contributed by atoms with van der Waals surface area (Å²) in [6.07, 6.45) is 0. The van der Waals surface area contributed by atoms with Gasteiger partial charge in [-0.1, -0.05) is 0 Å². The lowest BCUT2D eigenvalue weighted by Crippen LogP contribution is -2.53. The van der Waals surface area contributed by atoms with Crippen LogP contribution in [-0.4, -0.2) is 67.2 Å². The molecule has 20 heavy (non-hydrogen) atoms. The summed E-state index contributed by atoms with van der Waals surface area (Å²) in [5, 5.41) is 12.3. The highest BCUT2D eigenvalue weighted by Gasteiger charge is 2.23. The number of furan rings is 1. The fourth-order valence-corrected chi connectivity index (χ4v) is 2.44. The molecule has 2 heterocycles. The molecule has 0 spiro atoms. The van der Waals surface area contributed by atoms with Crippen LogP contribution in [0, 0.1) is 0 Å². The van der Waals surface area contributed by atoms with Crippen molar-refractivity contribution in [1.82, 2.24) is 15.1 Å². The van der Waals surface area contributed by atoms with Gasteiger partial charge in [0.25, 0.3) is 0 Å². The molecule has 1 aromatic rings. The second kappa shape index (κ2) is 6.39. The van der Waals surface area contributed by atoms with E-state index in [1.54, 1.807) is 6.07 Å². The zero-order valence-corrected chi connectivity index (χ0v) is 12.3. The summed E-state index contributed by atoms with van der Waals surface area (Å²) in [6, 6.07) is 3.68. The first-order valence-electron chi connectivity index (χ1n) is 6.92. The van der Waals surface area contributed by atoms with E-state index in [-0.39, 0.29) is 11.8 Å². The smallest absolute Gasteiger partial charge is 0.371 e. The van der Waals surface area contributed by atoms with E-state index in [1.807, 2.05) is 6.92 Å². The molecule has 1 saturated heterocycles. The van der Waals surface area contributed by atoms with Crippen LogP contribution in [-0.2, 0) is 0 Å². The Morgan fingerprint density at radius 3 is 2.90 bits per heavy atom. The molecule has 1 aliphatic rings. The molecule has 0 radical (unpaired) electrons. The minimum atomic E-state index is -1.03. The minimum absolute atomic E-state index is 0.00346. The first kappa shape index (κ1) is 15.0. The molecule has 2 rings (SSSR count). The van der Waals surface area contributed by atoms with Crippen LogP contribution >= 0.6 is 0 Å². The Balaban J connectivity index is 1.87. The van der Waals surface area contributed by atoms with Gasteiger partial charge in [-0.05, 0) is 33.2 Å². The second-order valence-corrected chi connectivity index (χ2v) is 5.53. The van der Waals surface area contributed by atoms with E-state index in [0.717, 1.165) is 26.2 Å². The largest absolute Gasteiger partial charge is 0.475 e. The summed E-state index contributed by atoms with van der Waals surface area (Å²) < 4.78 is 5.31. The lowest BCUT2D eigenvalue weighted by molar-refractivity contribution is 0.0659. The van der Waals surface area contributed by atoms with Gasteiger partial charge in [0, 0.05) is 32.2 Å². The number of carboxylic acid groups (broad SMARTS) is 1. The molecule has 1 aromatic heterocycles. The normalized spacial score (nSPS) is 22.9. The van der Waals surface area contributed by atoms with Gasteiger partial charge >= 0.3 is 5.97 Å². The Hall–Kier alpha value is -1.37. The highest BCUT2D eigenvalue weighted by Crippen LogP contribution is 2.16. The van der Waals surface area contributed by atoms with E-state index in [2.05, 4.69) is 29.2 Å². The van der Waals surface area contributed by atoms with E-state index in [4.69, 9.17) is 9.52 Å². The maximum Gasteiger partial charge on any atom is 0.371 e. The topological polar surface area (TPSA) is 69.0 Å². The molecule has 0 saturated carbocycles. The molecule has 6 heteroatoms. The summed E-state index contributed by atoms with van der Waals surface area (Å²) in [4.78, 5) is 15.5. The standard InChI is InChI=1S/C14H23N3O3/c1-10(12-4-5-13(20-12)14(18)19)15-8-11-9-16(2)6-7-17(11)3/h4-5,10-11,15H,6-9H2,1-3H3,(H,18,19). The van der Waals surface area contributed by atoms with Crippen LogP contribution in [0.4, 0.5) is 0 Å². The van der Waals surface area contributed by atoms with Crippen molar-refractivity contribution < 1.29 is 14.3 Å². The van der Waals surface area contributed by atoms with Crippen LogP contribution in [0.3, 0.4) is 0 Å². The Bertz CT molecular complexity index is 460. The first-order valence-corrected chi connectivity index (χ1v) is 6.92. The number of hydrogen-bond acceptors (Lipinski definition) is 5. The molecule has 1 aliphatic heterocycles. The van der Waals surface area contributed by atoms with E-state index in [0.29, 0.717) is 11.8 Å². The lowest BCUT2D eigenvalue weighted by Gasteiger charge is -2.38. The van der Waals surface area contributed by atoms with Crippen LogP contribution < -0.4 is 5.32 Å². The number of carboxylic acids is 1. The van der Waals surface area contributed by atoms with Gasteiger partial charge in [0.2, 0.25) is 5.76 Å². The Morgan fingerprint density at radius 1 is 1.50 bits per heavy atom. The first-order chi connectivity index (χ1) is 9.47. The maximum absolute atomic E-state index is 10.8. The van der Waals surface area contributed by atoms with E-state index < -0.39 is 5.97 Å². The van der Waals surface area contributed by atoms with E-state index >= 15 is 0 Å². The van der Waals surface area contributed by atoms with Crippen molar-refractivity contribution >= 4 is 5.97 Å². The molecule has 2 atom stereocenters. The second-order valence-electron chi connectivity index (χ2n) is 5.53. The van der Waals surface area contributed by atoms with E-state index in [1.165, 1.54) is 6.07 Å². The van der Waals surface area contributed by atoms with Crippen LogP contribution in [0.5, 0.6) is 0 Å². The van der Waals surface area contributed by atoms with Gasteiger partial charge in [0.15, 0.2) is 0 Å². The molecule has 2 unspecified atom stereocenters. The SMILES string of the molecule is CC(NCC1CN(C)CCN1C)c1ccc(C(=O)O)o1. The number of hydrogen-bond donors (Lipinski definition) is 2. The highest BCUT2D eigenvalue weighted by atomic mass is 16.4. The Kier molecular flexibility index (Phi) is 4.80. The number of aromatic carboxylic acids is 1. The Labute approximate surface area is 119 Å². The van der Waals surface area contributed by atoms with Crippen molar-refractivity contribution in [1.29, 1.82) is 0 Å². The van der Waals surface area contributed by atoms with Gasteiger partial charge in [0.05, 0.1) is 6.04 Å².